The van der Waals surface area contributed by atoms with Crippen LogP contribution in [-0.2, 0) is 12.8 Å². The van der Waals surface area contributed by atoms with Gasteiger partial charge in [0.15, 0.2) is 0 Å². The molecule has 2 aliphatic carbocycles. The summed E-state index contributed by atoms with van der Waals surface area (Å²) in [4.78, 5) is 0. The molecule has 0 heterocycles. The second-order valence-corrected chi connectivity index (χ2v) is 9.73. The lowest BCUT2D eigenvalue weighted by Gasteiger charge is -2.41. The van der Waals surface area contributed by atoms with Gasteiger partial charge in [-0.2, -0.15) is 13.2 Å². The van der Waals surface area contributed by atoms with E-state index in [1.165, 1.54) is 37.7 Å². The average molecular weight is 460 g/mol. The lowest BCUT2D eigenvalue weighted by atomic mass is 9.70. The van der Waals surface area contributed by atoms with Gasteiger partial charge in [-0.25, -0.2) is 0 Å². The van der Waals surface area contributed by atoms with Crippen LogP contribution in [0.25, 0.3) is 0 Å². The second kappa shape index (κ2) is 10.9. The summed E-state index contributed by atoms with van der Waals surface area (Å²) in [5, 5.41) is 3.67. The van der Waals surface area contributed by atoms with E-state index in [9.17, 15) is 13.2 Å². The van der Waals surface area contributed by atoms with E-state index in [1.54, 1.807) is 24.3 Å². The summed E-state index contributed by atoms with van der Waals surface area (Å²) in [7, 11) is 0. The zero-order chi connectivity index (χ0) is 23.3. The molecular formula is C28H36F3NO. The molecule has 0 bridgehead atoms. The van der Waals surface area contributed by atoms with Gasteiger partial charge in [0.2, 0.25) is 0 Å². The third-order valence-corrected chi connectivity index (χ3v) is 7.43. The van der Waals surface area contributed by atoms with Crippen molar-refractivity contribution in [2.24, 2.45) is 11.8 Å². The lowest BCUT2D eigenvalue weighted by molar-refractivity contribution is -0.127. The maximum absolute atomic E-state index is 13.2. The van der Waals surface area contributed by atoms with E-state index in [1.807, 2.05) is 12.1 Å². The van der Waals surface area contributed by atoms with E-state index in [2.05, 4.69) is 24.4 Å². The largest absolute Gasteiger partial charge is 0.485 e. The molecule has 0 aliphatic heterocycles. The van der Waals surface area contributed by atoms with Crippen molar-refractivity contribution in [1.29, 1.82) is 0 Å². The highest BCUT2D eigenvalue weighted by Crippen LogP contribution is 2.45. The molecule has 1 N–H and O–H groups in total. The van der Waals surface area contributed by atoms with E-state index in [4.69, 9.17) is 4.74 Å². The molecule has 2 aliphatic rings. The fraction of sp³-hybridized carbons (Fsp3) is 0.571. The van der Waals surface area contributed by atoms with Gasteiger partial charge in [-0.05, 0) is 61.8 Å². The van der Waals surface area contributed by atoms with Crippen molar-refractivity contribution in [3.8, 4) is 5.75 Å². The first-order valence-electron chi connectivity index (χ1n) is 12.6. The molecule has 1 saturated carbocycles. The molecule has 180 valence electrons. The summed E-state index contributed by atoms with van der Waals surface area (Å²) >= 11 is 0. The molecular weight excluding hydrogens is 423 g/mol. The number of fused-ring (bicyclic) bond motifs is 1. The van der Waals surface area contributed by atoms with Gasteiger partial charge in [0.25, 0.3) is 0 Å². The fourth-order valence-corrected chi connectivity index (χ4v) is 5.93. The van der Waals surface area contributed by atoms with Gasteiger partial charge in [0.05, 0.1) is 6.42 Å². The Hall–Kier alpha value is -2.01. The van der Waals surface area contributed by atoms with Gasteiger partial charge in [-0.15, -0.1) is 0 Å². The van der Waals surface area contributed by atoms with Gasteiger partial charge in [-0.1, -0.05) is 68.7 Å². The Kier molecular flexibility index (Phi) is 8.00. The standard InChI is InChI=1S/C28H36F3NO/c1-2-32-23-13-5-3-4-11-21(18-23)25-17-16-20-10-6-8-14-24(20)27(25)33-26-15-9-7-12-22(26)19-28(29,30)31/h6-10,12,14-15,21,23,25,27,32H,2-5,11,13,16-19H2,1H3. The number of aryl methyl sites for hydroxylation is 1. The average Bonchev–Trinajstić information content (AvgIpc) is 2.76. The highest BCUT2D eigenvalue weighted by atomic mass is 19.4. The number of hydrogen-bond acceptors (Lipinski definition) is 2. The predicted molar refractivity (Wildman–Crippen MR) is 126 cm³/mol. The van der Waals surface area contributed by atoms with E-state index in [-0.39, 0.29) is 11.7 Å². The molecule has 2 aromatic carbocycles. The summed E-state index contributed by atoms with van der Waals surface area (Å²) in [6.45, 7) is 3.13. The van der Waals surface area contributed by atoms with Crippen molar-refractivity contribution in [2.75, 3.05) is 6.54 Å². The third kappa shape index (κ3) is 6.32. The molecule has 2 nitrogen and oxygen atoms in total. The van der Waals surface area contributed by atoms with Crippen LogP contribution < -0.4 is 10.1 Å². The molecule has 33 heavy (non-hydrogen) atoms. The molecule has 0 aromatic heterocycles. The van der Waals surface area contributed by atoms with Crippen LogP contribution in [0.3, 0.4) is 0 Å². The molecule has 2 aromatic rings. The van der Waals surface area contributed by atoms with Crippen LogP contribution in [0.5, 0.6) is 5.75 Å². The minimum atomic E-state index is -4.26. The van der Waals surface area contributed by atoms with Crippen molar-refractivity contribution in [1.82, 2.24) is 5.32 Å². The van der Waals surface area contributed by atoms with Crippen LogP contribution in [0.1, 0.15) is 74.7 Å². The Bertz CT molecular complexity index is 897. The van der Waals surface area contributed by atoms with Crippen LogP contribution in [0, 0.1) is 11.8 Å². The smallest absolute Gasteiger partial charge is 0.393 e. The summed E-state index contributed by atoms with van der Waals surface area (Å²) < 4.78 is 46.3. The molecule has 0 radical (unpaired) electrons. The number of alkyl halides is 3. The van der Waals surface area contributed by atoms with E-state index in [0.29, 0.717) is 23.6 Å². The number of halogens is 3. The van der Waals surface area contributed by atoms with Gasteiger partial charge in [0, 0.05) is 17.5 Å². The zero-order valence-electron chi connectivity index (χ0n) is 19.5. The Morgan fingerprint density at radius 3 is 2.52 bits per heavy atom. The minimum absolute atomic E-state index is 0.212. The predicted octanol–water partition coefficient (Wildman–Crippen LogP) is 7.42. The number of para-hydroxylation sites is 1. The van der Waals surface area contributed by atoms with Crippen molar-refractivity contribution >= 4 is 0 Å². The maximum Gasteiger partial charge on any atom is 0.393 e. The lowest BCUT2D eigenvalue weighted by Crippen LogP contribution is -2.37. The van der Waals surface area contributed by atoms with E-state index >= 15 is 0 Å². The molecule has 4 rings (SSSR count). The zero-order valence-corrected chi connectivity index (χ0v) is 19.5. The Morgan fingerprint density at radius 1 is 0.939 bits per heavy atom. The van der Waals surface area contributed by atoms with E-state index in [0.717, 1.165) is 31.4 Å². The van der Waals surface area contributed by atoms with Gasteiger partial charge >= 0.3 is 6.18 Å². The fourth-order valence-electron chi connectivity index (χ4n) is 5.93. The van der Waals surface area contributed by atoms with E-state index < -0.39 is 12.6 Å². The summed E-state index contributed by atoms with van der Waals surface area (Å²) in [6.07, 6.45) is 3.81. The Balaban J connectivity index is 1.65. The molecule has 5 heteroatoms. The first-order valence-corrected chi connectivity index (χ1v) is 12.6. The molecule has 4 atom stereocenters. The normalized spacial score (nSPS) is 26.2. The first-order chi connectivity index (χ1) is 15.9. The summed E-state index contributed by atoms with van der Waals surface area (Å²) in [5.74, 6) is 1.18. The monoisotopic (exact) mass is 459 g/mol. The van der Waals surface area contributed by atoms with Gasteiger partial charge < -0.3 is 10.1 Å². The minimum Gasteiger partial charge on any atom is -0.485 e. The van der Waals surface area contributed by atoms with Crippen LogP contribution in [0.15, 0.2) is 48.5 Å². The highest BCUT2D eigenvalue weighted by Gasteiger charge is 2.38. The molecule has 4 unspecified atom stereocenters. The highest BCUT2D eigenvalue weighted by molar-refractivity contribution is 5.37. The Morgan fingerprint density at radius 2 is 1.70 bits per heavy atom. The summed E-state index contributed by atoms with van der Waals surface area (Å²) in [5.41, 5.74) is 2.63. The van der Waals surface area contributed by atoms with Gasteiger partial charge in [-0.3, -0.25) is 0 Å². The first kappa shape index (κ1) is 24.1. The maximum atomic E-state index is 13.2. The molecule has 0 saturated heterocycles. The number of hydrogen-bond donors (Lipinski definition) is 1. The quantitative estimate of drug-likeness (QED) is 0.485. The topological polar surface area (TPSA) is 21.3 Å². The Labute approximate surface area is 195 Å². The number of rotatable bonds is 6. The number of ether oxygens (including phenoxy) is 1. The van der Waals surface area contributed by atoms with Crippen molar-refractivity contribution in [3.63, 3.8) is 0 Å². The van der Waals surface area contributed by atoms with Crippen LogP contribution >= 0.6 is 0 Å². The van der Waals surface area contributed by atoms with Gasteiger partial charge in [0.1, 0.15) is 11.9 Å². The van der Waals surface area contributed by atoms with Crippen molar-refractivity contribution in [2.45, 2.75) is 83.0 Å². The molecule has 1 fully saturated rings. The summed E-state index contributed by atoms with van der Waals surface area (Å²) in [6, 6.07) is 15.5. The van der Waals surface area contributed by atoms with Crippen LogP contribution in [-0.4, -0.2) is 18.8 Å². The number of benzene rings is 2. The van der Waals surface area contributed by atoms with Crippen LogP contribution in [0.4, 0.5) is 13.2 Å². The SMILES string of the molecule is CCNC1CCCCCC(C2CCc3ccccc3C2Oc2ccccc2CC(F)(F)F)C1. The molecule has 0 spiro atoms. The molecule has 0 amide bonds. The third-order valence-electron chi connectivity index (χ3n) is 7.43. The second-order valence-electron chi connectivity index (χ2n) is 9.73. The van der Waals surface area contributed by atoms with Crippen molar-refractivity contribution < 1.29 is 17.9 Å². The van der Waals surface area contributed by atoms with Crippen molar-refractivity contribution in [3.05, 3.63) is 65.2 Å². The number of nitrogens with one attached hydrogen (secondary N) is 1. The van der Waals surface area contributed by atoms with Crippen LogP contribution in [0.2, 0.25) is 0 Å².